The van der Waals surface area contributed by atoms with Crippen LogP contribution in [0.1, 0.15) is 34.4 Å². The third kappa shape index (κ3) is 3.31. The molecule has 1 aromatic carbocycles. The number of fused-ring (bicyclic) bond motifs is 1. The average molecular weight is 387 g/mol. The van der Waals surface area contributed by atoms with Gasteiger partial charge in [0, 0.05) is 17.0 Å². The summed E-state index contributed by atoms with van der Waals surface area (Å²) >= 11 is 0. The number of nitrogens with one attached hydrogen (secondary N) is 2. The van der Waals surface area contributed by atoms with E-state index in [9.17, 15) is 9.59 Å². The zero-order chi connectivity index (χ0) is 20.5. The number of H-pyrrole nitrogens is 1. The lowest BCUT2D eigenvalue weighted by molar-refractivity contribution is 0.102. The van der Waals surface area contributed by atoms with Gasteiger partial charge in [-0.2, -0.15) is 0 Å². The number of aryl methyl sites for hydroxylation is 3. The van der Waals surface area contributed by atoms with E-state index in [4.69, 9.17) is 0 Å². The van der Waals surface area contributed by atoms with E-state index in [1.54, 1.807) is 13.0 Å². The predicted octanol–water partition coefficient (Wildman–Crippen LogP) is 3.52. The second-order valence-corrected chi connectivity index (χ2v) is 6.84. The van der Waals surface area contributed by atoms with Crippen LogP contribution in [0.3, 0.4) is 0 Å². The minimum atomic E-state index is -0.524. The zero-order valence-electron chi connectivity index (χ0n) is 16.5. The maximum atomic E-state index is 13.1. The molecule has 0 aliphatic rings. The number of aromatic nitrogens is 4. The third-order valence-electron chi connectivity index (χ3n) is 4.84. The molecule has 29 heavy (non-hydrogen) atoms. The van der Waals surface area contributed by atoms with E-state index in [0.717, 1.165) is 28.9 Å². The van der Waals surface area contributed by atoms with Gasteiger partial charge in [0.1, 0.15) is 11.4 Å². The van der Waals surface area contributed by atoms with Crippen molar-refractivity contribution in [2.75, 3.05) is 5.32 Å². The van der Waals surface area contributed by atoms with E-state index in [1.165, 1.54) is 4.52 Å². The van der Waals surface area contributed by atoms with Gasteiger partial charge in [-0.3, -0.25) is 14.7 Å². The van der Waals surface area contributed by atoms with Gasteiger partial charge >= 0.3 is 0 Å². The van der Waals surface area contributed by atoms with Crippen LogP contribution in [-0.4, -0.2) is 25.5 Å². The molecule has 0 aliphatic carbocycles. The Morgan fingerprint density at radius 2 is 1.83 bits per heavy atom. The maximum absolute atomic E-state index is 13.1. The van der Waals surface area contributed by atoms with E-state index in [0.29, 0.717) is 17.2 Å². The first kappa shape index (κ1) is 18.6. The molecule has 0 saturated heterocycles. The molecule has 3 aromatic heterocycles. The van der Waals surface area contributed by atoms with Gasteiger partial charge in [-0.15, -0.1) is 0 Å². The number of anilines is 1. The van der Waals surface area contributed by atoms with Gasteiger partial charge in [0.2, 0.25) is 0 Å². The van der Waals surface area contributed by atoms with Crippen molar-refractivity contribution in [3.8, 4) is 11.1 Å². The van der Waals surface area contributed by atoms with Crippen LogP contribution in [0.25, 0.3) is 16.8 Å². The maximum Gasteiger partial charge on any atom is 0.285 e. The van der Waals surface area contributed by atoms with Gasteiger partial charge in [-0.05, 0) is 38.0 Å². The minimum absolute atomic E-state index is 0.00735. The summed E-state index contributed by atoms with van der Waals surface area (Å²) in [5, 5.41) is 5.76. The predicted molar refractivity (Wildman–Crippen MR) is 112 cm³/mol. The van der Waals surface area contributed by atoms with Crippen molar-refractivity contribution < 1.29 is 4.79 Å². The summed E-state index contributed by atoms with van der Waals surface area (Å²) in [6, 6.07) is 15.1. The van der Waals surface area contributed by atoms with Gasteiger partial charge in [0.25, 0.3) is 11.5 Å². The van der Waals surface area contributed by atoms with Gasteiger partial charge in [0.15, 0.2) is 5.65 Å². The number of aromatic amines is 1. The smallest absolute Gasteiger partial charge is 0.285 e. The van der Waals surface area contributed by atoms with Crippen LogP contribution in [0, 0.1) is 13.8 Å². The van der Waals surface area contributed by atoms with Crippen molar-refractivity contribution in [2.24, 2.45) is 0 Å². The Labute approximate surface area is 167 Å². The fourth-order valence-corrected chi connectivity index (χ4v) is 3.43. The summed E-state index contributed by atoms with van der Waals surface area (Å²) in [4.78, 5) is 34.9. The second kappa shape index (κ2) is 7.35. The van der Waals surface area contributed by atoms with Gasteiger partial charge < -0.3 is 5.32 Å². The van der Waals surface area contributed by atoms with Crippen LogP contribution in [-0.2, 0) is 6.42 Å². The van der Waals surface area contributed by atoms with Gasteiger partial charge in [-0.25, -0.2) is 14.5 Å². The van der Waals surface area contributed by atoms with Gasteiger partial charge in [-0.1, -0.05) is 43.3 Å². The highest BCUT2D eigenvalue weighted by Crippen LogP contribution is 2.26. The highest BCUT2D eigenvalue weighted by atomic mass is 16.2. The molecule has 3 heterocycles. The summed E-state index contributed by atoms with van der Waals surface area (Å²) in [5.41, 5.74) is 3.87. The van der Waals surface area contributed by atoms with Crippen molar-refractivity contribution >= 4 is 17.4 Å². The first-order chi connectivity index (χ1) is 14.0. The minimum Gasteiger partial charge on any atom is -0.306 e. The molecule has 0 atom stereocenters. The Balaban J connectivity index is 1.80. The SMILES string of the molecule is CCc1cccc(NC(=O)c2c(C)nc3c(-c4ccccc4)c(C)[nH]n3c2=O)n1. The van der Waals surface area contributed by atoms with Crippen LogP contribution in [0.4, 0.5) is 5.82 Å². The molecule has 0 fully saturated rings. The standard InChI is InChI=1S/C22H21N5O2/c1-4-16-11-8-12-17(24-16)25-21(28)19-13(2)23-20-18(15-9-6-5-7-10-15)14(3)26-27(20)22(19)29/h5-12,26H,4H2,1-3H3,(H,24,25,28). The Kier molecular flexibility index (Phi) is 4.72. The van der Waals surface area contributed by atoms with E-state index >= 15 is 0 Å². The zero-order valence-corrected chi connectivity index (χ0v) is 16.5. The lowest BCUT2D eigenvalue weighted by atomic mass is 10.1. The second-order valence-electron chi connectivity index (χ2n) is 6.84. The molecule has 7 nitrogen and oxygen atoms in total. The van der Waals surface area contributed by atoms with Crippen molar-refractivity contribution in [3.63, 3.8) is 0 Å². The third-order valence-corrected chi connectivity index (χ3v) is 4.84. The molecule has 146 valence electrons. The van der Waals surface area contributed by atoms with Crippen LogP contribution in [0.5, 0.6) is 0 Å². The molecule has 4 rings (SSSR count). The van der Waals surface area contributed by atoms with E-state index in [-0.39, 0.29) is 5.56 Å². The average Bonchev–Trinajstić information content (AvgIpc) is 3.05. The lowest BCUT2D eigenvalue weighted by Crippen LogP contribution is -2.29. The number of carbonyl (C=O) groups is 1. The number of hydrogen-bond donors (Lipinski definition) is 2. The molecule has 2 N–H and O–H groups in total. The fourth-order valence-electron chi connectivity index (χ4n) is 3.43. The summed E-state index contributed by atoms with van der Waals surface area (Å²) in [5.74, 6) is -0.116. The molecule has 4 aromatic rings. The number of amides is 1. The highest BCUT2D eigenvalue weighted by Gasteiger charge is 2.22. The number of carbonyl (C=O) groups excluding carboxylic acids is 1. The van der Waals surface area contributed by atoms with Crippen LogP contribution in [0.2, 0.25) is 0 Å². The molecule has 0 radical (unpaired) electrons. The van der Waals surface area contributed by atoms with Crippen LogP contribution in [0.15, 0.2) is 53.3 Å². The summed E-state index contributed by atoms with van der Waals surface area (Å²) in [6.45, 7) is 5.54. The monoisotopic (exact) mass is 387 g/mol. The van der Waals surface area contributed by atoms with Crippen LogP contribution < -0.4 is 10.9 Å². The van der Waals surface area contributed by atoms with Crippen molar-refractivity contribution in [2.45, 2.75) is 27.2 Å². The molecule has 1 amide bonds. The first-order valence-corrected chi connectivity index (χ1v) is 9.44. The highest BCUT2D eigenvalue weighted by molar-refractivity contribution is 6.04. The molecule has 7 heteroatoms. The number of rotatable bonds is 4. The van der Waals surface area contributed by atoms with E-state index < -0.39 is 11.5 Å². The van der Waals surface area contributed by atoms with Crippen LogP contribution >= 0.6 is 0 Å². The Bertz CT molecular complexity index is 1270. The topological polar surface area (TPSA) is 92.1 Å². The fraction of sp³-hybridized carbons (Fsp3) is 0.182. The molecule has 0 saturated carbocycles. The lowest BCUT2D eigenvalue weighted by Gasteiger charge is -2.08. The quantitative estimate of drug-likeness (QED) is 0.560. The number of benzene rings is 1. The van der Waals surface area contributed by atoms with Gasteiger partial charge in [0.05, 0.1) is 5.69 Å². The number of pyridine rings is 1. The number of nitrogens with zero attached hydrogens (tertiary/aromatic N) is 3. The van der Waals surface area contributed by atoms with Crippen molar-refractivity contribution in [1.82, 2.24) is 19.6 Å². The van der Waals surface area contributed by atoms with E-state index in [1.807, 2.05) is 56.3 Å². The molecule has 0 bridgehead atoms. The first-order valence-electron chi connectivity index (χ1n) is 9.44. The number of hydrogen-bond acceptors (Lipinski definition) is 4. The molecular weight excluding hydrogens is 366 g/mol. The Morgan fingerprint density at radius 3 is 2.55 bits per heavy atom. The molecule has 0 unspecified atom stereocenters. The summed E-state index contributed by atoms with van der Waals surface area (Å²) in [7, 11) is 0. The molecule has 0 aliphatic heterocycles. The molecule has 0 spiro atoms. The normalized spacial score (nSPS) is 11.0. The molecular formula is C22H21N5O2. The van der Waals surface area contributed by atoms with E-state index in [2.05, 4.69) is 20.4 Å². The van der Waals surface area contributed by atoms with Crippen molar-refractivity contribution in [1.29, 1.82) is 0 Å². The Morgan fingerprint density at radius 1 is 1.07 bits per heavy atom. The van der Waals surface area contributed by atoms with Crippen molar-refractivity contribution in [3.05, 3.63) is 81.5 Å². The largest absolute Gasteiger partial charge is 0.306 e. The summed E-state index contributed by atoms with van der Waals surface area (Å²) < 4.78 is 1.33. The Hall–Kier alpha value is -3.74. The summed E-state index contributed by atoms with van der Waals surface area (Å²) in [6.07, 6.45) is 0.753.